The van der Waals surface area contributed by atoms with Crippen molar-refractivity contribution in [1.29, 1.82) is 0 Å². The zero-order chi connectivity index (χ0) is 10.1. The first kappa shape index (κ1) is 10.3. The highest BCUT2D eigenvalue weighted by Crippen LogP contribution is 2.49. The molecular weight excluding hydrogens is 198 g/mol. The summed E-state index contributed by atoms with van der Waals surface area (Å²) in [6.07, 6.45) is 5.49. The number of amides is 1. The average molecular weight is 216 g/mol. The maximum absolute atomic E-state index is 11.1. The molecule has 80 valence electrons. The smallest absolute Gasteiger partial charge is 0.235 e. The summed E-state index contributed by atoms with van der Waals surface area (Å²) in [6.45, 7) is 2.12. The van der Waals surface area contributed by atoms with E-state index in [2.05, 4.69) is 12.2 Å². The van der Waals surface area contributed by atoms with Gasteiger partial charge in [-0.15, -0.1) is 11.6 Å². The molecule has 0 heterocycles. The molecule has 0 radical (unpaired) electrons. The average Bonchev–Trinajstić information content (AvgIpc) is 2.78. The van der Waals surface area contributed by atoms with Gasteiger partial charge in [-0.1, -0.05) is 6.42 Å². The number of nitrogens with one attached hydrogen (secondary N) is 1. The van der Waals surface area contributed by atoms with Gasteiger partial charge in [-0.25, -0.2) is 0 Å². The molecule has 4 atom stereocenters. The van der Waals surface area contributed by atoms with Crippen molar-refractivity contribution in [1.82, 2.24) is 5.32 Å². The Kier molecular flexibility index (Phi) is 3.01. The molecule has 2 nitrogen and oxygen atoms in total. The Balaban J connectivity index is 1.86. The Morgan fingerprint density at radius 3 is 2.79 bits per heavy atom. The van der Waals surface area contributed by atoms with Gasteiger partial charge < -0.3 is 5.32 Å². The fourth-order valence-electron chi connectivity index (χ4n) is 3.31. The van der Waals surface area contributed by atoms with Crippen LogP contribution in [-0.2, 0) is 4.79 Å². The molecule has 14 heavy (non-hydrogen) atoms. The fourth-order valence-corrected chi connectivity index (χ4v) is 3.38. The summed E-state index contributed by atoms with van der Waals surface area (Å²) in [5.41, 5.74) is 0. The van der Waals surface area contributed by atoms with Crippen molar-refractivity contribution in [3.05, 3.63) is 0 Å². The Labute approximate surface area is 90.4 Å². The summed E-state index contributed by atoms with van der Waals surface area (Å²) in [6, 6.07) is 0.316. The van der Waals surface area contributed by atoms with Crippen molar-refractivity contribution in [3.8, 4) is 0 Å². The summed E-state index contributed by atoms with van der Waals surface area (Å²) in [5.74, 6) is 2.58. The molecule has 0 spiro atoms. The van der Waals surface area contributed by atoms with Gasteiger partial charge in [0.05, 0.1) is 0 Å². The highest BCUT2D eigenvalue weighted by atomic mass is 35.5. The molecule has 1 N–H and O–H groups in total. The molecule has 2 rings (SSSR count). The molecule has 2 bridgehead atoms. The first-order chi connectivity index (χ1) is 6.70. The van der Waals surface area contributed by atoms with E-state index in [1.54, 1.807) is 0 Å². The molecule has 2 aliphatic rings. The van der Waals surface area contributed by atoms with Crippen LogP contribution >= 0.6 is 11.6 Å². The lowest BCUT2D eigenvalue weighted by atomic mass is 9.84. The third-order valence-corrected chi connectivity index (χ3v) is 4.19. The van der Waals surface area contributed by atoms with Crippen LogP contribution in [0.15, 0.2) is 0 Å². The van der Waals surface area contributed by atoms with Crippen molar-refractivity contribution in [2.75, 3.05) is 5.88 Å². The summed E-state index contributed by atoms with van der Waals surface area (Å²) >= 11 is 5.47. The zero-order valence-electron chi connectivity index (χ0n) is 8.63. The molecule has 2 fully saturated rings. The van der Waals surface area contributed by atoms with Crippen LogP contribution in [0.2, 0.25) is 0 Å². The summed E-state index contributed by atoms with van der Waals surface area (Å²) in [4.78, 5) is 11.1. The topological polar surface area (TPSA) is 29.1 Å². The number of hydrogen-bond acceptors (Lipinski definition) is 1. The largest absolute Gasteiger partial charge is 0.352 e. The molecule has 0 unspecified atom stereocenters. The van der Waals surface area contributed by atoms with Gasteiger partial charge in [-0.3, -0.25) is 4.79 Å². The van der Waals surface area contributed by atoms with Crippen molar-refractivity contribution in [3.63, 3.8) is 0 Å². The Morgan fingerprint density at radius 2 is 2.29 bits per heavy atom. The molecular formula is C11H18ClNO. The van der Waals surface area contributed by atoms with E-state index in [1.165, 1.54) is 25.7 Å². The Bertz CT molecular complexity index is 231. The van der Waals surface area contributed by atoms with Crippen LogP contribution in [0.25, 0.3) is 0 Å². The van der Waals surface area contributed by atoms with Crippen LogP contribution in [0.4, 0.5) is 0 Å². The van der Waals surface area contributed by atoms with Crippen molar-refractivity contribution in [2.24, 2.45) is 17.8 Å². The van der Waals surface area contributed by atoms with Crippen LogP contribution in [0, 0.1) is 17.8 Å². The predicted molar refractivity (Wildman–Crippen MR) is 57.3 cm³/mol. The molecule has 2 aliphatic carbocycles. The maximum Gasteiger partial charge on any atom is 0.235 e. The van der Waals surface area contributed by atoms with Gasteiger partial charge in [0.1, 0.15) is 5.88 Å². The van der Waals surface area contributed by atoms with E-state index >= 15 is 0 Å². The minimum atomic E-state index is -0.0260. The van der Waals surface area contributed by atoms with Gasteiger partial charge in [0, 0.05) is 6.04 Å². The lowest BCUT2D eigenvalue weighted by Gasteiger charge is -2.28. The maximum atomic E-state index is 11.1. The van der Waals surface area contributed by atoms with Gasteiger partial charge in [-0.2, -0.15) is 0 Å². The van der Waals surface area contributed by atoms with Crippen molar-refractivity contribution >= 4 is 17.5 Å². The predicted octanol–water partition coefficient (Wildman–Crippen LogP) is 2.17. The van der Waals surface area contributed by atoms with Gasteiger partial charge >= 0.3 is 0 Å². The van der Waals surface area contributed by atoms with Gasteiger partial charge in [0.25, 0.3) is 0 Å². The van der Waals surface area contributed by atoms with Crippen LogP contribution in [0.3, 0.4) is 0 Å². The lowest BCUT2D eigenvalue weighted by molar-refractivity contribution is -0.119. The van der Waals surface area contributed by atoms with Crippen LogP contribution in [-0.4, -0.2) is 17.8 Å². The Hall–Kier alpha value is -0.240. The van der Waals surface area contributed by atoms with E-state index in [1.807, 2.05) is 0 Å². The first-order valence-electron chi connectivity index (χ1n) is 5.56. The molecule has 0 aromatic carbocycles. The van der Waals surface area contributed by atoms with E-state index in [-0.39, 0.29) is 11.8 Å². The van der Waals surface area contributed by atoms with Gasteiger partial charge in [0.2, 0.25) is 5.91 Å². The molecule has 1 amide bonds. The quantitative estimate of drug-likeness (QED) is 0.719. The molecule has 0 aliphatic heterocycles. The normalized spacial score (nSPS) is 37.1. The monoisotopic (exact) mass is 215 g/mol. The first-order valence-corrected chi connectivity index (χ1v) is 6.09. The lowest BCUT2D eigenvalue weighted by Crippen LogP contribution is -2.40. The summed E-state index contributed by atoms with van der Waals surface area (Å²) in [7, 11) is 0. The molecule has 3 heteroatoms. The number of carbonyl (C=O) groups is 1. The van der Waals surface area contributed by atoms with E-state index in [0.29, 0.717) is 12.0 Å². The second-order valence-electron chi connectivity index (χ2n) is 4.83. The van der Waals surface area contributed by atoms with Crippen LogP contribution in [0.1, 0.15) is 32.6 Å². The van der Waals surface area contributed by atoms with Crippen LogP contribution in [0.5, 0.6) is 0 Å². The van der Waals surface area contributed by atoms with E-state index in [4.69, 9.17) is 11.6 Å². The third kappa shape index (κ3) is 1.90. The number of carbonyl (C=O) groups excluding carboxylic acids is 1. The Morgan fingerprint density at radius 1 is 1.50 bits per heavy atom. The minimum Gasteiger partial charge on any atom is -0.352 e. The van der Waals surface area contributed by atoms with Gasteiger partial charge in [0.15, 0.2) is 0 Å². The zero-order valence-corrected chi connectivity index (χ0v) is 9.39. The number of halogens is 1. The highest BCUT2D eigenvalue weighted by molar-refractivity contribution is 6.27. The highest BCUT2D eigenvalue weighted by Gasteiger charge is 2.41. The fraction of sp³-hybridized carbons (Fsp3) is 0.909. The summed E-state index contributed by atoms with van der Waals surface area (Å²) in [5, 5.41) is 2.99. The molecule has 0 aromatic rings. The molecule has 0 aromatic heterocycles. The SMILES string of the molecule is C[C@@H](NC(=O)CCl)[C@H]1C[C@@H]2CC[C@@H]1C2. The van der Waals surface area contributed by atoms with E-state index in [9.17, 15) is 4.79 Å². The second-order valence-corrected chi connectivity index (χ2v) is 5.10. The van der Waals surface area contributed by atoms with Gasteiger partial charge in [-0.05, 0) is 43.9 Å². The standard InChI is InChI=1S/C11H18ClNO/c1-7(13-11(14)6-12)10-5-8-2-3-9(10)4-8/h7-10H,2-6H2,1H3,(H,13,14)/t7-,8-,9-,10-/m1/s1. The number of fused-ring (bicyclic) bond motifs is 2. The second kappa shape index (κ2) is 4.09. The van der Waals surface area contributed by atoms with E-state index < -0.39 is 0 Å². The van der Waals surface area contributed by atoms with Crippen LogP contribution < -0.4 is 5.32 Å². The number of alkyl halides is 1. The van der Waals surface area contributed by atoms with Crippen molar-refractivity contribution < 1.29 is 4.79 Å². The molecule has 0 saturated heterocycles. The summed E-state index contributed by atoms with van der Waals surface area (Å²) < 4.78 is 0. The minimum absolute atomic E-state index is 0.0260. The number of hydrogen-bond donors (Lipinski definition) is 1. The molecule has 2 saturated carbocycles. The van der Waals surface area contributed by atoms with E-state index in [0.717, 1.165) is 11.8 Å². The third-order valence-electron chi connectivity index (χ3n) is 3.95. The number of rotatable bonds is 3. The van der Waals surface area contributed by atoms with Crippen molar-refractivity contribution in [2.45, 2.75) is 38.6 Å².